The smallest absolute Gasteiger partial charge is 0.326 e. The van der Waals surface area contributed by atoms with E-state index in [1.165, 1.54) is 26.4 Å². The van der Waals surface area contributed by atoms with Crippen LogP contribution in [0.1, 0.15) is 90.2 Å². The maximum Gasteiger partial charge on any atom is 0.326 e. The van der Waals surface area contributed by atoms with Gasteiger partial charge in [0.05, 0.1) is 38.2 Å². The van der Waals surface area contributed by atoms with E-state index in [0.717, 1.165) is 0 Å². The summed E-state index contributed by atoms with van der Waals surface area (Å²) in [7, 11) is 0. The molecule has 1 saturated heterocycles. The van der Waals surface area contributed by atoms with Crippen molar-refractivity contribution < 1.29 is 97.5 Å². The molecule has 82 heavy (non-hydrogen) atoms. The number of amides is 10. The zero-order valence-corrected chi connectivity index (χ0v) is 44.5. The van der Waals surface area contributed by atoms with Crippen LogP contribution >= 0.6 is 0 Å². The van der Waals surface area contributed by atoms with Crippen molar-refractivity contribution in [3.8, 4) is 0 Å². The van der Waals surface area contributed by atoms with Gasteiger partial charge in [-0.15, -0.1) is 0 Å². The van der Waals surface area contributed by atoms with Gasteiger partial charge >= 0.3 is 29.8 Å². The Bertz CT molecular complexity index is 2520. The monoisotopic (exact) mass is 1170 g/mol. The molecule has 10 amide bonds. The van der Waals surface area contributed by atoms with Crippen LogP contribution in [0.2, 0.25) is 0 Å². The van der Waals surface area contributed by atoms with Gasteiger partial charge in [-0.25, -0.2) is 9.78 Å². The minimum Gasteiger partial charge on any atom is -0.481 e. The molecular formula is C46H70N16O20. The van der Waals surface area contributed by atoms with Gasteiger partial charge in [-0.3, -0.25) is 72.1 Å². The number of hydrogen-bond donors (Lipinski definition) is 19. The number of nitrogens with two attached hydrogens (primary N) is 3. The summed E-state index contributed by atoms with van der Waals surface area (Å²) in [5.41, 5.74) is 16.3. The van der Waals surface area contributed by atoms with Crippen LogP contribution < -0.4 is 70.4 Å². The first-order chi connectivity index (χ1) is 38.5. The number of carboxylic acids is 5. The van der Waals surface area contributed by atoms with E-state index >= 15 is 0 Å². The summed E-state index contributed by atoms with van der Waals surface area (Å²) in [4.78, 5) is 202. The second-order valence-electron chi connectivity index (χ2n) is 18.9. The van der Waals surface area contributed by atoms with E-state index in [1.807, 2.05) is 5.32 Å². The highest BCUT2D eigenvalue weighted by atomic mass is 16.4. The number of imidazole rings is 1. The molecule has 0 radical (unpaired) electrons. The molecule has 1 aromatic heterocycles. The molecule has 2 rings (SSSR count). The van der Waals surface area contributed by atoms with Gasteiger partial charge in [0.25, 0.3) is 0 Å². The number of aliphatic imine (C=N–C) groups is 1. The highest BCUT2D eigenvalue weighted by Gasteiger charge is 2.37. The van der Waals surface area contributed by atoms with Crippen LogP contribution in [0.25, 0.3) is 0 Å². The molecule has 0 aliphatic carbocycles. The van der Waals surface area contributed by atoms with Gasteiger partial charge in [-0.05, 0) is 51.0 Å². The number of aromatic nitrogens is 2. The number of aromatic amines is 1. The van der Waals surface area contributed by atoms with Crippen molar-refractivity contribution in [3.63, 3.8) is 0 Å². The number of rotatable bonds is 38. The summed E-state index contributed by atoms with van der Waals surface area (Å²) in [6, 6.07) is -14.9. The van der Waals surface area contributed by atoms with Gasteiger partial charge in [-0.2, -0.15) is 0 Å². The Hall–Kier alpha value is -9.51. The molecule has 36 nitrogen and oxygen atoms in total. The molecule has 9 atom stereocenters. The third kappa shape index (κ3) is 26.0. The number of carboxylic acid groups (broad SMARTS) is 5. The van der Waals surface area contributed by atoms with E-state index in [9.17, 15) is 97.5 Å². The summed E-state index contributed by atoms with van der Waals surface area (Å²) in [5.74, 6) is -20.5. The average Bonchev–Trinajstić information content (AvgIpc) is 4.15. The van der Waals surface area contributed by atoms with Crippen LogP contribution in [0.4, 0.5) is 0 Å². The van der Waals surface area contributed by atoms with Crippen LogP contribution in [0.15, 0.2) is 17.5 Å². The summed E-state index contributed by atoms with van der Waals surface area (Å²) in [6.45, 7) is 2.14. The minimum absolute atomic E-state index is 0.0587. The second kappa shape index (κ2) is 34.5. The number of primary amides is 1. The molecule has 0 spiro atoms. The van der Waals surface area contributed by atoms with E-state index in [0.29, 0.717) is 19.4 Å². The zero-order chi connectivity index (χ0) is 61.8. The number of carbonyl (C=O) groups excluding carboxylic acids is 10. The standard InChI is InChI=1S/C46H70N16O20/c1-20(2)36(62-43(79)28(16-35(71)72)59-40(76)24(7-9-32(65)66)57-38(74)22-5-3-11-51-22)44(80)58-25(8-10-33(67)68)39(75)56-23(6-4-12-52-46(48)49)37(73)53-18-31(64)55-26(14-30(47)63)41(77)60-27(15-34(69)70)42(78)61-29(45(81)82)13-21-17-50-19-54-21/h17,19-20,22-29,36,51H,3-16,18H2,1-2H3,(H2,47,63)(H,50,54)(H,53,73)(H,55,64)(H,56,75)(H,57,74)(H,58,80)(H,59,76)(H,60,77)(H,61,78)(H,62,79)(H,65,66)(H,67,68)(H,69,70)(H,71,72)(H,81,82)(H4,48,49,52)/t22-,23-,24-,25-,26-,27-,28-,29-,36-/m0/s1. The van der Waals surface area contributed by atoms with Crippen molar-refractivity contribution >= 4 is 94.9 Å². The van der Waals surface area contributed by atoms with Crippen LogP contribution in [0.3, 0.4) is 0 Å². The minimum atomic E-state index is -1.99. The Morgan fingerprint density at radius 3 is 1.55 bits per heavy atom. The third-order valence-corrected chi connectivity index (χ3v) is 11.9. The predicted molar refractivity (Wildman–Crippen MR) is 276 cm³/mol. The van der Waals surface area contributed by atoms with Crippen molar-refractivity contribution in [1.82, 2.24) is 63.1 Å². The Balaban J connectivity index is 2.33. The third-order valence-electron chi connectivity index (χ3n) is 11.9. The molecule has 22 N–H and O–H groups in total. The van der Waals surface area contributed by atoms with Gasteiger partial charge in [0.15, 0.2) is 5.96 Å². The summed E-state index contributed by atoms with van der Waals surface area (Å²) >= 11 is 0. The number of nitrogens with one attached hydrogen (secondary N) is 11. The first-order valence-corrected chi connectivity index (χ1v) is 25.3. The fourth-order valence-corrected chi connectivity index (χ4v) is 7.70. The van der Waals surface area contributed by atoms with Crippen molar-refractivity contribution in [2.75, 3.05) is 19.6 Å². The summed E-state index contributed by atoms with van der Waals surface area (Å²) < 4.78 is 0. The fourth-order valence-electron chi connectivity index (χ4n) is 7.70. The van der Waals surface area contributed by atoms with Gasteiger partial charge in [-0.1, -0.05) is 13.8 Å². The van der Waals surface area contributed by atoms with Gasteiger partial charge in [0, 0.05) is 37.7 Å². The van der Waals surface area contributed by atoms with Gasteiger partial charge in [0.2, 0.25) is 59.1 Å². The van der Waals surface area contributed by atoms with Crippen LogP contribution in [-0.4, -0.2) is 204 Å². The molecule has 0 saturated carbocycles. The van der Waals surface area contributed by atoms with E-state index < -0.39 is 201 Å². The maximum atomic E-state index is 14.0. The quantitative estimate of drug-likeness (QED) is 0.0166. The normalized spacial score (nSPS) is 15.6. The Morgan fingerprint density at radius 2 is 1.09 bits per heavy atom. The van der Waals surface area contributed by atoms with E-state index in [1.54, 1.807) is 0 Å². The highest BCUT2D eigenvalue weighted by molar-refractivity contribution is 6.00. The molecule has 454 valence electrons. The number of nitrogens with zero attached hydrogens (tertiary/aromatic N) is 2. The van der Waals surface area contributed by atoms with Gasteiger partial charge < -0.3 is 101 Å². The molecule has 0 unspecified atom stereocenters. The van der Waals surface area contributed by atoms with E-state index in [4.69, 9.17) is 17.2 Å². The fraction of sp³-hybridized carbons (Fsp3) is 0.587. The van der Waals surface area contributed by atoms with Crippen molar-refractivity contribution in [3.05, 3.63) is 18.2 Å². The van der Waals surface area contributed by atoms with Crippen molar-refractivity contribution in [2.24, 2.45) is 28.1 Å². The molecule has 0 bridgehead atoms. The molecular weight excluding hydrogens is 1100 g/mol. The zero-order valence-electron chi connectivity index (χ0n) is 44.5. The summed E-state index contributed by atoms with van der Waals surface area (Å²) in [6.07, 6.45) is -2.91. The van der Waals surface area contributed by atoms with E-state index in [-0.39, 0.29) is 37.5 Å². The van der Waals surface area contributed by atoms with Crippen molar-refractivity contribution in [2.45, 2.75) is 145 Å². The lowest BCUT2D eigenvalue weighted by molar-refractivity contribution is -0.144. The predicted octanol–water partition coefficient (Wildman–Crippen LogP) is -7.95. The van der Waals surface area contributed by atoms with Crippen molar-refractivity contribution in [1.29, 1.82) is 0 Å². The number of hydrogen-bond acceptors (Lipinski definition) is 18. The first-order valence-electron chi connectivity index (χ1n) is 25.3. The second-order valence-corrected chi connectivity index (χ2v) is 18.9. The molecule has 1 aliphatic rings. The lowest BCUT2D eigenvalue weighted by atomic mass is 10.0. The molecule has 2 heterocycles. The molecule has 0 aromatic carbocycles. The van der Waals surface area contributed by atoms with E-state index in [2.05, 4.69) is 62.8 Å². The SMILES string of the molecule is CC(C)[C@H](NC(=O)[C@H](CC(=O)O)NC(=O)[C@H](CCC(=O)O)NC(=O)[C@@H]1CCCN1)C(=O)N[C@@H](CCC(=O)O)C(=O)N[C@@H](CCCN=C(N)N)C(=O)NCC(=O)N[C@@H](CC(N)=O)C(=O)N[C@@H](CC(=O)O)C(=O)N[C@@H](Cc1cnc[nH]1)C(=O)O. The van der Waals surface area contributed by atoms with Crippen LogP contribution in [-0.2, 0) is 78.3 Å². The first kappa shape index (κ1) is 68.6. The lowest BCUT2D eigenvalue weighted by Crippen LogP contribution is -2.61. The van der Waals surface area contributed by atoms with Gasteiger partial charge in [0.1, 0.15) is 48.3 Å². The molecule has 36 heteroatoms. The number of carbonyl (C=O) groups is 15. The Labute approximate surface area is 465 Å². The maximum absolute atomic E-state index is 14.0. The average molecular weight is 1170 g/mol. The highest BCUT2D eigenvalue weighted by Crippen LogP contribution is 2.11. The molecule has 1 aliphatic heterocycles. The largest absolute Gasteiger partial charge is 0.481 e. The summed E-state index contributed by atoms with van der Waals surface area (Å²) in [5, 5.41) is 70.4. The number of guanidine groups is 1. The van der Waals surface area contributed by atoms with Crippen LogP contribution in [0, 0.1) is 5.92 Å². The van der Waals surface area contributed by atoms with Crippen LogP contribution in [0.5, 0.6) is 0 Å². The topological polar surface area (TPSA) is 597 Å². The number of aliphatic carboxylic acids is 5. The molecule has 1 aromatic rings. The number of H-pyrrole nitrogens is 1. The lowest BCUT2D eigenvalue weighted by Gasteiger charge is -2.28. The Kier molecular flexibility index (Phi) is 28.9. The Morgan fingerprint density at radius 1 is 0.598 bits per heavy atom. The molecule has 1 fully saturated rings.